The summed E-state index contributed by atoms with van der Waals surface area (Å²) in [5, 5.41) is 23.4. The van der Waals surface area contributed by atoms with Crippen molar-refractivity contribution in [2.45, 2.75) is 25.1 Å². The van der Waals surface area contributed by atoms with Crippen LogP contribution in [-0.2, 0) is 5.60 Å². The second-order valence-electron chi connectivity index (χ2n) is 5.37. The second-order valence-corrected chi connectivity index (χ2v) is 5.77. The average molecular weight is 379 g/mol. The third-order valence-electron chi connectivity index (χ3n) is 3.58. The summed E-state index contributed by atoms with van der Waals surface area (Å²) in [5.74, 6) is -0.363. The lowest BCUT2D eigenvalue weighted by Crippen LogP contribution is -2.43. The number of non-ortho nitro benzene ring substituents is 1. The normalized spacial score (nSPS) is 14.2. The fraction of sp³-hybridized carbons (Fsp3) is 0.333. The number of anilines is 1. The van der Waals surface area contributed by atoms with E-state index in [0.717, 1.165) is 12.1 Å². The van der Waals surface area contributed by atoms with Crippen molar-refractivity contribution >= 4 is 23.0 Å². The number of halogens is 4. The number of nitro groups is 1. The molecular formula is C15H14ClF3N2O4. The SMILES string of the molecule is Cc1ccc(C(O)(CCNc2ccc([N+](=O)[O-])cc2Cl)C(F)(F)F)o1. The van der Waals surface area contributed by atoms with Gasteiger partial charge in [0.2, 0.25) is 5.60 Å². The summed E-state index contributed by atoms with van der Waals surface area (Å²) in [6.45, 7) is 1.17. The molecular weight excluding hydrogens is 365 g/mol. The molecule has 1 unspecified atom stereocenters. The third kappa shape index (κ3) is 4.05. The van der Waals surface area contributed by atoms with Gasteiger partial charge in [0, 0.05) is 25.1 Å². The van der Waals surface area contributed by atoms with Crippen molar-refractivity contribution < 1.29 is 27.6 Å². The van der Waals surface area contributed by atoms with E-state index in [2.05, 4.69) is 5.32 Å². The van der Waals surface area contributed by atoms with E-state index in [0.29, 0.717) is 0 Å². The number of hydrogen-bond acceptors (Lipinski definition) is 5. The molecule has 136 valence electrons. The first kappa shape index (κ1) is 19.1. The molecule has 0 saturated carbocycles. The maximum absolute atomic E-state index is 13.3. The minimum atomic E-state index is -4.95. The fourth-order valence-electron chi connectivity index (χ4n) is 2.20. The van der Waals surface area contributed by atoms with Crippen molar-refractivity contribution in [1.29, 1.82) is 0 Å². The Morgan fingerprint density at radius 3 is 2.48 bits per heavy atom. The zero-order valence-electron chi connectivity index (χ0n) is 12.9. The zero-order chi connectivity index (χ0) is 18.8. The highest BCUT2D eigenvalue weighted by molar-refractivity contribution is 6.33. The van der Waals surface area contributed by atoms with E-state index in [1.807, 2.05) is 0 Å². The number of benzene rings is 1. The first-order valence-electron chi connectivity index (χ1n) is 7.08. The lowest BCUT2D eigenvalue weighted by molar-refractivity contribution is -0.384. The van der Waals surface area contributed by atoms with Crippen LogP contribution in [0.5, 0.6) is 0 Å². The molecule has 0 fully saturated rings. The van der Waals surface area contributed by atoms with Crippen LogP contribution in [0.4, 0.5) is 24.5 Å². The second kappa shape index (κ2) is 6.93. The van der Waals surface area contributed by atoms with Crippen LogP contribution in [0.25, 0.3) is 0 Å². The Morgan fingerprint density at radius 2 is 2.00 bits per heavy atom. The van der Waals surface area contributed by atoms with Gasteiger partial charge in [-0.3, -0.25) is 10.1 Å². The quantitative estimate of drug-likeness (QED) is 0.574. The monoisotopic (exact) mass is 378 g/mol. The van der Waals surface area contributed by atoms with Gasteiger partial charge in [-0.15, -0.1) is 0 Å². The van der Waals surface area contributed by atoms with Crippen LogP contribution in [-0.4, -0.2) is 22.8 Å². The standard InChI is InChI=1S/C15H14ClF3N2O4/c1-9-2-5-13(25-9)14(22,15(17,18)19)6-7-20-12-4-3-10(21(23)24)8-11(12)16/h2-5,8,20,22H,6-7H2,1H3. The van der Waals surface area contributed by atoms with Crippen LogP contribution < -0.4 is 5.32 Å². The van der Waals surface area contributed by atoms with Crippen molar-refractivity contribution in [3.05, 3.63) is 57.0 Å². The predicted molar refractivity (Wildman–Crippen MR) is 84.6 cm³/mol. The van der Waals surface area contributed by atoms with Gasteiger partial charge in [-0.25, -0.2) is 0 Å². The van der Waals surface area contributed by atoms with E-state index in [9.17, 15) is 28.4 Å². The topological polar surface area (TPSA) is 88.5 Å². The Labute approximate surface area is 145 Å². The molecule has 0 bridgehead atoms. The molecule has 0 radical (unpaired) electrons. The number of nitrogens with zero attached hydrogens (tertiary/aromatic N) is 1. The van der Waals surface area contributed by atoms with Gasteiger partial charge in [-0.1, -0.05) is 11.6 Å². The summed E-state index contributed by atoms with van der Waals surface area (Å²) in [4.78, 5) is 10.00. The molecule has 0 saturated heterocycles. The highest BCUT2D eigenvalue weighted by atomic mass is 35.5. The molecule has 1 aromatic heterocycles. The molecule has 1 aromatic carbocycles. The fourth-order valence-corrected chi connectivity index (χ4v) is 2.44. The Morgan fingerprint density at radius 1 is 1.32 bits per heavy atom. The van der Waals surface area contributed by atoms with Crippen molar-refractivity contribution in [3.8, 4) is 0 Å². The molecule has 1 heterocycles. The van der Waals surface area contributed by atoms with Gasteiger partial charge < -0.3 is 14.8 Å². The summed E-state index contributed by atoms with van der Waals surface area (Å²) in [6, 6.07) is 5.92. The minimum absolute atomic E-state index is 0.0152. The smallest absolute Gasteiger partial charge is 0.424 e. The van der Waals surface area contributed by atoms with Crippen LogP contribution in [0.1, 0.15) is 17.9 Å². The Kier molecular flexibility index (Phi) is 5.28. The minimum Gasteiger partial charge on any atom is -0.463 e. The number of rotatable bonds is 6. The molecule has 6 nitrogen and oxygen atoms in total. The molecule has 0 aliphatic rings. The van der Waals surface area contributed by atoms with E-state index in [4.69, 9.17) is 16.0 Å². The summed E-state index contributed by atoms with van der Waals surface area (Å²) in [5.41, 5.74) is -3.19. The average Bonchev–Trinajstić information content (AvgIpc) is 2.94. The maximum Gasteiger partial charge on any atom is 0.424 e. The van der Waals surface area contributed by atoms with Crippen molar-refractivity contribution in [2.75, 3.05) is 11.9 Å². The van der Waals surface area contributed by atoms with Gasteiger partial charge in [-0.2, -0.15) is 13.2 Å². The molecule has 0 spiro atoms. The van der Waals surface area contributed by atoms with E-state index >= 15 is 0 Å². The maximum atomic E-state index is 13.3. The Balaban J connectivity index is 2.13. The van der Waals surface area contributed by atoms with Crippen molar-refractivity contribution in [1.82, 2.24) is 0 Å². The zero-order valence-corrected chi connectivity index (χ0v) is 13.7. The molecule has 2 N–H and O–H groups in total. The first-order valence-corrected chi connectivity index (χ1v) is 7.46. The molecule has 2 rings (SSSR count). The number of furan rings is 1. The van der Waals surface area contributed by atoms with Crippen LogP contribution in [0, 0.1) is 17.0 Å². The predicted octanol–water partition coefficient (Wildman–Crippen LogP) is 4.40. The van der Waals surface area contributed by atoms with Crippen LogP contribution in [0.2, 0.25) is 5.02 Å². The molecule has 1 atom stereocenters. The van der Waals surface area contributed by atoms with E-state index in [-0.39, 0.29) is 28.7 Å². The van der Waals surface area contributed by atoms with Crippen molar-refractivity contribution in [2.24, 2.45) is 0 Å². The van der Waals surface area contributed by atoms with E-state index in [1.54, 1.807) is 0 Å². The number of aryl methyl sites for hydroxylation is 1. The number of hydrogen-bond donors (Lipinski definition) is 2. The largest absolute Gasteiger partial charge is 0.463 e. The lowest BCUT2D eigenvalue weighted by atomic mass is 9.95. The molecule has 0 aliphatic heterocycles. The molecule has 2 aromatic rings. The summed E-state index contributed by atoms with van der Waals surface area (Å²) in [7, 11) is 0. The van der Waals surface area contributed by atoms with Crippen LogP contribution in [0.3, 0.4) is 0 Å². The summed E-state index contributed by atoms with van der Waals surface area (Å²) >= 11 is 5.86. The lowest BCUT2D eigenvalue weighted by Gasteiger charge is -2.28. The number of nitrogens with one attached hydrogen (secondary N) is 1. The molecule has 0 amide bonds. The number of aliphatic hydroxyl groups is 1. The van der Waals surface area contributed by atoms with Crippen molar-refractivity contribution in [3.63, 3.8) is 0 Å². The Bertz CT molecular complexity index is 778. The third-order valence-corrected chi connectivity index (χ3v) is 3.90. The summed E-state index contributed by atoms with van der Waals surface area (Å²) < 4.78 is 44.9. The molecule has 10 heteroatoms. The van der Waals surface area contributed by atoms with Gasteiger partial charge >= 0.3 is 6.18 Å². The van der Waals surface area contributed by atoms with Gasteiger partial charge in [0.25, 0.3) is 5.69 Å². The molecule has 25 heavy (non-hydrogen) atoms. The summed E-state index contributed by atoms with van der Waals surface area (Å²) in [6.07, 6.45) is -5.69. The van der Waals surface area contributed by atoms with Crippen LogP contribution >= 0.6 is 11.6 Å². The first-order chi connectivity index (χ1) is 11.5. The molecule has 0 aliphatic carbocycles. The van der Waals surface area contributed by atoms with Gasteiger partial charge in [0.15, 0.2) is 0 Å². The van der Waals surface area contributed by atoms with Gasteiger partial charge in [-0.05, 0) is 25.1 Å². The Hall–Kier alpha value is -2.26. The highest BCUT2D eigenvalue weighted by Crippen LogP contribution is 2.42. The highest BCUT2D eigenvalue weighted by Gasteiger charge is 2.56. The van der Waals surface area contributed by atoms with E-state index in [1.165, 1.54) is 25.1 Å². The number of nitro benzene ring substituents is 1. The number of alkyl halides is 3. The van der Waals surface area contributed by atoms with Gasteiger partial charge in [0.05, 0.1) is 15.6 Å². The van der Waals surface area contributed by atoms with Gasteiger partial charge in [0.1, 0.15) is 11.5 Å². The van der Waals surface area contributed by atoms with Crippen LogP contribution in [0.15, 0.2) is 34.7 Å². The van der Waals surface area contributed by atoms with E-state index < -0.39 is 28.9 Å².